The van der Waals surface area contributed by atoms with Crippen molar-refractivity contribution in [2.75, 3.05) is 31.6 Å². The Morgan fingerprint density at radius 3 is 2.71 bits per heavy atom. The molecule has 1 aliphatic heterocycles. The van der Waals surface area contributed by atoms with Gasteiger partial charge < -0.3 is 14.9 Å². The first kappa shape index (κ1) is 14.8. The first-order valence-electron chi connectivity index (χ1n) is 6.41. The lowest BCUT2D eigenvalue weighted by Gasteiger charge is -2.22. The molecule has 1 aromatic rings. The predicted octanol–water partition coefficient (Wildman–Crippen LogP) is 0.961. The average Bonchev–Trinajstić information content (AvgIpc) is 2.60. The molecule has 21 heavy (non-hydrogen) atoms. The standard InChI is InChI=1S/C13H15N3O5/c1-14-5-2-6-15(8-12(14)17)11-7-9(13(18)19)3-4-10(11)16(20)21/h3-4,7H,2,5-6,8H2,1H3,(H,18,19). The number of aromatic carboxylic acids is 1. The Morgan fingerprint density at radius 1 is 1.38 bits per heavy atom. The zero-order chi connectivity index (χ0) is 15.6. The van der Waals surface area contributed by atoms with Crippen LogP contribution in [0.15, 0.2) is 18.2 Å². The third kappa shape index (κ3) is 3.10. The normalized spacial score (nSPS) is 15.8. The van der Waals surface area contributed by atoms with Gasteiger partial charge in [-0.1, -0.05) is 0 Å². The quantitative estimate of drug-likeness (QED) is 0.657. The van der Waals surface area contributed by atoms with Gasteiger partial charge in [0.15, 0.2) is 0 Å². The number of hydrogen-bond donors (Lipinski definition) is 1. The Kier molecular flexibility index (Phi) is 4.06. The lowest BCUT2D eigenvalue weighted by atomic mass is 10.1. The molecule has 1 fully saturated rings. The van der Waals surface area contributed by atoms with Gasteiger partial charge >= 0.3 is 5.97 Å². The lowest BCUT2D eigenvalue weighted by molar-refractivity contribution is -0.384. The first-order chi connectivity index (χ1) is 9.90. The van der Waals surface area contributed by atoms with Crippen molar-refractivity contribution in [1.82, 2.24) is 4.90 Å². The molecule has 112 valence electrons. The molecule has 1 N–H and O–H groups in total. The van der Waals surface area contributed by atoms with E-state index in [4.69, 9.17) is 5.11 Å². The molecule has 8 nitrogen and oxygen atoms in total. The lowest BCUT2D eigenvalue weighted by Crippen LogP contribution is -2.34. The van der Waals surface area contributed by atoms with Gasteiger partial charge in [-0.15, -0.1) is 0 Å². The molecule has 0 saturated carbocycles. The first-order valence-corrected chi connectivity index (χ1v) is 6.41. The second-order valence-corrected chi connectivity index (χ2v) is 4.86. The number of benzene rings is 1. The number of likely N-dealkylation sites (N-methyl/N-ethyl adjacent to an activating group) is 1. The van der Waals surface area contributed by atoms with Crippen LogP contribution in [-0.2, 0) is 4.79 Å². The molecule has 1 aromatic carbocycles. The van der Waals surface area contributed by atoms with Crippen LogP contribution in [0, 0.1) is 10.1 Å². The molecule has 1 amide bonds. The van der Waals surface area contributed by atoms with Gasteiger partial charge in [0.05, 0.1) is 17.0 Å². The molecule has 0 spiro atoms. The van der Waals surface area contributed by atoms with Crippen LogP contribution in [0.3, 0.4) is 0 Å². The second-order valence-electron chi connectivity index (χ2n) is 4.86. The summed E-state index contributed by atoms with van der Waals surface area (Å²) in [6, 6.07) is 3.60. The van der Waals surface area contributed by atoms with E-state index >= 15 is 0 Å². The Morgan fingerprint density at radius 2 is 2.10 bits per heavy atom. The predicted molar refractivity (Wildman–Crippen MR) is 74.5 cm³/mol. The highest BCUT2D eigenvalue weighted by molar-refractivity contribution is 5.91. The van der Waals surface area contributed by atoms with Gasteiger partial charge in [0.25, 0.3) is 5.69 Å². The summed E-state index contributed by atoms with van der Waals surface area (Å²) in [5, 5.41) is 20.1. The van der Waals surface area contributed by atoms with Gasteiger partial charge in [-0.05, 0) is 18.6 Å². The molecule has 0 bridgehead atoms. The van der Waals surface area contributed by atoms with E-state index in [1.54, 1.807) is 16.8 Å². The van der Waals surface area contributed by atoms with Gasteiger partial charge in [-0.3, -0.25) is 14.9 Å². The van der Waals surface area contributed by atoms with Crippen LogP contribution in [0.1, 0.15) is 16.8 Å². The van der Waals surface area contributed by atoms with Crippen LogP contribution in [0.5, 0.6) is 0 Å². The molecule has 0 atom stereocenters. The number of rotatable bonds is 3. The zero-order valence-electron chi connectivity index (χ0n) is 11.5. The summed E-state index contributed by atoms with van der Waals surface area (Å²) in [7, 11) is 1.67. The fourth-order valence-electron chi connectivity index (χ4n) is 2.26. The Balaban J connectivity index is 2.44. The highest BCUT2D eigenvalue weighted by Crippen LogP contribution is 2.30. The molecule has 2 rings (SSSR count). The third-order valence-electron chi connectivity index (χ3n) is 3.43. The highest BCUT2D eigenvalue weighted by atomic mass is 16.6. The molecule has 0 radical (unpaired) electrons. The molecule has 1 aliphatic rings. The van der Waals surface area contributed by atoms with Gasteiger partial charge in [0, 0.05) is 26.2 Å². The minimum absolute atomic E-state index is 0.000409. The van der Waals surface area contributed by atoms with E-state index in [0.717, 1.165) is 6.07 Å². The van der Waals surface area contributed by atoms with Crippen molar-refractivity contribution in [2.24, 2.45) is 0 Å². The number of nitro benzene ring substituents is 1. The molecule has 0 aliphatic carbocycles. The van der Waals surface area contributed by atoms with Crippen molar-refractivity contribution in [1.29, 1.82) is 0 Å². The number of carbonyl (C=O) groups excluding carboxylic acids is 1. The van der Waals surface area contributed by atoms with Gasteiger partial charge in [-0.2, -0.15) is 0 Å². The summed E-state index contributed by atoms with van der Waals surface area (Å²) in [5.41, 5.74) is -0.0680. The van der Waals surface area contributed by atoms with Crippen molar-refractivity contribution in [3.8, 4) is 0 Å². The minimum atomic E-state index is -1.16. The number of nitrogens with zero attached hydrogens (tertiary/aromatic N) is 3. The van der Waals surface area contributed by atoms with Gasteiger partial charge in [-0.25, -0.2) is 4.79 Å². The largest absolute Gasteiger partial charge is 0.478 e. The number of amides is 1. The number of carboxylic acid groups (broad SMARTS) is 1. The molecule has 0 aromatic heterocycles. The zero-order valence-corrected chi connectivity index (χ0v) is 11.5. The smallest absolute Gasteiger partial charge is 0.335 e. The maximum absolute atomic E-state index is 11.9. The Labute approximate surface area is 120 Å². The summed E-state index contributed by atoms with van der Waals surface area (Å²) >= 11 is 0. The van der Waals surface area contributed by atoms with E-state index in [1.807, 2.05) is 0 Å². The van der Waals surface area contributed by atoms with Crippen molar-refractivity contribution in [2.45, 2.75) is 6.42 Å². The summed E-state index contributed by atoms with van der Waals surface area (Å²) in [6.07, 6.45) is 0.663. The van der Waals surface area contributed by atoms with Crippen molar-refractivity contribution < 1.29 is 19.6 Å². The molecular formula is C13H15N3O5. The Bertz CT molecular complexity index is 601. The monoisotopic (exact) mass is 293 g/mol. The number of anilines is 1. The number of nitro groups is 1. The number of carboxylic acids is 1. The summed E-state index contributed by atoms with van der Waals surface area (Å²) in [4.78, 5) is 36.6. The molecular weight excluding hydrogens is 278 g/mol. The van der Waals surface area contributed by atoms with Crippen LogP contribution < -0.4 is 4.90 Å². The Hall–Kier alpha value is -2.64. The van der Waals surface area contributed by atoms with Gasteiger partial charge in [0.2, 0.25) is 5.91 Å². The fraction of sp³-hybridized carbons (Fsp3) is 0.385. The summed E-state index contributed by atoms with van der Waals surface area (Å²) < 4.78 is 0. The SMILES string of the molecule is CN1CCCN(c2cc(C(=O)O)ccc2[N+](=O)[O-])CC1=O. The van der Waals surface area contributed by atoms with E-state index < -0.39 is 10.9 Å². The van der Waals surface area contributed by atoms with Gasteiger partial charge in [0.1, 0.15) is 5.69 Å². The van der Waals surface area contributed by atoms with E-state index in [1.165, 1.54) is 12.1 Å². The van der Waals surface area contributed by atoms with E-state index in [0.29, 0.717) is 19.5 Å². The van der Waals surface area contributed by atoms with E-state index in [9.17, 15) is 19.7 Å². The maximum Gasteiger partial charge on any atom is 0.335 e. The molecule has 0 unspecified atom stereocenters. The van der Waals surface area contributed by atoms with Crippen LogP contribution in [0.25, 0.3) is 0 Å². The minimum Gasteiger partial charge on any atom is -0.478 e. The van der Waals surface area contributed by atoms with Crippen LogP contribution in [-0.4, -0.2) is 53.5 Å². The maximum atomic E-state index is 11.9. The van der Waals surface area contributed by atoms with Crippen LogP contribution in [0.2, 0.25) is 0 Å². The van der Waals surface area contributed by atoms with Crippen molar-refractivity contribution >= 4 is 23.3 Å². The number of hydrogen-bond acceptors (Lipinski definition) is 5. The summed E-state index contributed by atoms with van der Waals surface area (Å²) in [5.74, 6) is -1.31. The van der Waals surface area contributed by atoms with Crippen molar-refractivity contribution in [3.05, 3.63) is 33.9 Å². The van der Waals surface area contributed by atoms with E-state index in [-0.39, 0.29) is 29.4 Å². The topological polar surface area (TPSA) is 104 Å². The summed E-state index contributed by atoms with van der Waals surface area (Å²) in [6.45, 7) is 1.03. The molecule has 8 heteroatoms. The molecule has 1 heterocycles. The third-order valence-corrected chi connectivity index (χ3v) is 3.43. The van der Waals surface area contributed by atoms with E-state index in [2.05, 4.69) is 0 Å². The fourth-order valence-corrected chi connectivity index (χ4v) is 2.26. The average molecular weight is 293 g/mol. The highest BCUT2D eigenvalue weighted by Gasteiger charge is 2.26. The van der Waals surface area contributed by atoms with Crippen LogP contribution in [0.4, 0.5) is 11.4 Å². The van der Waals surface area contributed by atoms with Crippen LogP contribution >= 0.6 is 0 Å². The van der Waals surface area contributed by atoms with Crippen molar-refractivity contribution in [3.63, 3.8) is 0 Å². The second kappa shape index (κ2) is 5.78. The number of carbonyl (C=O) groups is 2. The molecule has 1 saturated heterocycles.